The number of nitrogens with zero attached hydrogens (tertiary/aromatic N) is 1. The van der Waals surface area contributed by atoms with Crippen LogP contribution in [-0.2, 0) is 32.7 Å². The van der Waals surface area contributed by atoms with Crippen molar-refractivity contribution < 1.29 is 42.1 Å². The van der Waals surface area contributed by atoms with Crippen LogP contribution in [0.25, 0.3) is 0 Å². The van der Waals surface area contributed by atoms with Crippen LogP contribution < -0.4 is 4.89 Å². The van der Waals surface area contributed by atoms with Crippen molar-refractivity contribution in [1.29, 1.82) is 0 Å². The number of likely N-dealkylation sites (N-methyl/N-ethyl adjacent to an activating group) is 1. The number of quaternary nitrogens is 1. The molecular formula is C34H66NO8P. The van der Waals surface area contributed by atoms with Gasteiger partial charge in [0.05, 0.1) is 27.7 Å². The molecule has 0 saturated heterocycles. The molecule has 44 heavy (non-hydrogen) atoms. The van der Waals surface area contributed by atoms with Crippen molar-refractivity contribution in [2.45, 2.75) is 148 Å². The van der Waals surface area contributed by atoms with Crippen molar-refractivity contribution in [3.8, 4) is 0 Å². The van der Waals surface area contributed by atoms with Crippen LogP contribution in [-0.4, -0.2) is 70.0 Å². The molecule has 0 aliphatic carbocycles. The molecule has 0 N–H and O–H groups in total. The Bertz CT molecular complexity index is 784. The van der Waals surface area contributed by atoms with Crippen molar-refractivity contribution in [2.24, 2.45) is 0 Å². The summed E-state index contributed by atoms with van der Waals surface area (Å²) in [6.07, 6.45) is 24.0. The predicted octanol–water partition coefficient (Wildman–Crippen LogP) is 8.05. The Morgan fingerprint density at radius 3 is 1.70 bits per heavy atom. The fraction of sp³-hybridized carbons (Fsp3) is 0.882. The first-order valence-corrected chi connectivity index (χ1v) is 18.9. The molecule has 0 aromatic heterocycles. The van der Waals surface area contributed by atoms with Gasteiger partial charge in [-0.1, -0.05) is 103 Å². The van der Waals surface area contributed by atoms with Gasteiger partial charge in [-0.15, -0.1) is 0 Å². The second kappa shape index (κ2) is 28.0. The zero-order valence-electron chi connectivity index (χ0n) is 28.9. The van der Waals surface area contributed by atoms with Crippen LogP contribution >= 0.6 is 7.82 Å². The third-order valence-corrected chi connectivity index (χ3v) is 8.25. The summed E-state index contributed by atoms with van der Waals surface area (Å²) in [7, 11) is 1.16. The van der Waals surface area contributed by atoms with Crippen LogP contribution in [0.4, 0.5) is 0 Å². The van der Waals surface area contributed by atoms with Crippen molar-refractivity contribution in [3.05, 3.63) is 12.2 Å². The summed E-state index contributed by atoms with van der Waals surface area (Å²) in [6.45, 7) is 4.12. The standard InChI is InChI=1S/C34H66NO8P/c1-6-8-10-12-14-15-16-17-18-19-21-23-25-27-34(37)43-32(31-42-44(38,39)41-29-28-35(3,4)5)30-40-33(36)26-24-22-20-13-11-9-7-2/h17-18,32H,6-16,19-31H2,1-5H3/b18-17+/t32-/m1/s1. The van der Waals surface area contributed by atoms with Crippen LogP contribution in [0.3, 0.4) is 0 Å². The molecule has 0 aliphatic heterocycles. The molecule has 0 aromatic carbocycles. The van der Waals surface area contributed by atoms with E-state index < -0.39 is 32.5 Å². The maximum Gasteiger partial charge on any atom is 0.306 e. The van der Waals surface area contributed by atoms with Gasteiger partial charge in [-0.3, -0.25) is 14.2 Å². The maximum atomic E-state index is 12.5. The minimum Gasteiger partial charge on any atom is -0.756 e. The highest BCUT2D eigenvalue weighted by Gasteiger charge is 2.21. The van der Waals surface area contributed by atoms with Gasteiger partial charge in [0.15, 0.2) is 6.10 Å². The molecule has 2 atom stereocenters. The molecule has 10 heteroatoms. The Morgan fingerprint density at radius 2 is 1.16 bits per heavy atom. The zero-order valence-corrected chi connectivity index (χ0v) is 29.8. The molecule has 260 valence electrons. The van der Waals surface area contributed by atoms with Crippen LogP contribution in [0.1, 0.15) is 142 Å². The van der Waals surface area contributed by atoms with E-state index >= 15 is 0 Å². The van der Waals surface area contributed by atoms with Crippen LogP contribution in [0.5, 0.6) is 0 Å². The minimum atomic E-state index is -4.61. The number of allylic oxidation sites excluding steroid dienone is 2. The topological polar surface area (TPSA) is 111 Å². The van der Waals surface area contributed by atoms with Gasteiger partial charge < -0.3 is 27.9 Å². The summed E-state index contributed by atoms with van der Waals surface area (Å²) in [4.78, 5) is 37.0. The van der Waals surface area contributed by atoms with E-state index in [-0.39, 0.29) is 26.1 Å². The predicted molar refractivity (Wildman–Crippen MR) is 176 cm³/mol. The van der Waals surface area contributed by atoms with Gasteiger partial charge in [0, 0.05) is 12.8 Å². The van der Waals surface area contributed by atoms with E-state index in [0.29, 0.717) is 17.4 Å². The number of rotatable bonds is 31. The van der Waals surface area contributed by atoms with Crippen molar-refractivity contribution in [1.82, 2.24) is 0 Å². The lowest BCUT2D eigenvalue weighted by atomic mass is 10.1. The van der Waals surface area contributed by atoms with E-state index in [9.17, 15) is 19.0 Å². The second-order valence-corrected chi connectivity index (χ2v) is 14.3. The van der Waals surface area contributed by atoms with E-state index in [4.69, 9.17) is 18.5 Å². The summed E-state index contributed by atoms with van der Waals surface area (Å²) in [6, 6.07) is 0. The third kappa shape index (κ3) is 30.8. The monoisotopic (exact) mass is 647 g/mol. The highest BCUT2D eigenvalue weighted by molar-refractivity contribution is 7.45. The molecule has 0 fully saturated rings. The van der Waals surface area contributed by atoms with E-state index in [2.05, 4.69) is 26.0 Å². The van der Waals surface area contributed by atoms with Gasteiger partial charge >= 0.3 is 11.9 Å². The molecule has 0 radical (unpaired) electrons. The fourth-order valence-electron chi connectivity index (χ4n) is 4.47. The second-order valence-electron chi connectivity index (χ2n) is 12.9. The van der Waals surface area contributed by atoms with Gasteiger partial charge in [0.1, 0.15) is 19.8 Å². The molecule has 0 heterocycles. The van der Waals surface area contributed by atoms with Gasteiger partial charge in [0.25, 0.3) is 7.82 Å². The fourth-order valence-corrected chi connectivity index (χ4v) is 5.20. The van der Waals surface area contributed by atoms with E-state index in [0.717, 1.165) is 44.9 Å². The Hall–Kier alpha value is -1.25. The summed E-state index contributed by atoms with van der Waals surface area (Å²) in [5.41, 5.74) is 0. The average molecular weight is 648 g/mol. The summed E-state index contributed by atoms with van der Waals surface area (Å²) < 4.78 is 33.5. The van der Waals surface area contributed by atoms with Gasteiger partial charge in [0.2, 0.25) is 0 Å². The van der Waals surface area contributed by atoms with Gasteiger partial charge in [-0.25, -0.2) is 0 Å². The minimum absolute atomic E-state index is 0.0314. The Morgan fingerprint density at radius 1 is 0.682 bits per heavy atom. The molecule has 0 bridgehead atoms. The number of hydrogen-bond donors (Lipinski definition) is 0. The molecule has 1 unspecified atom stereocenters. The molecular weight excluding hydrogens is 581 g/mol. The number of esters is 2. The Labute approximate surface area is 269 Å². The van der Waals surface area contributed by atoms with Crippen LogP contribution in [0.2, 0.25) is 0 Å². The smallest absolute Gasteiger partial charge is 0.306 e. The Kier molecular flexibility index (Phi) is 27.2. The highest BCUT2D eigenvalue weighted by atomic mass is 31.2. The molecule has 9 nitrogen and oxygen atoms in total. The number of hydrogen-bond acceptors (Lipinski definition) is 8. The first kappa shape index (κ1) is 42.8. The molecule has 0 rings (SSSR count). The van der Waals surface area contributed by atoms with E-state index in [1.54, 1.807) is 0 Å². The van der Waals surface area contributed by atoms with Crippen LogP contribution in [0.15, 0.2) is 12.2 Å². The molecule has 0 aliphatic rings. The number of carbonyl (C=O) groups excluding carboxylic acids is 2. The number of carbonyl (C=O) groups is 2. The SMILES string of the molecule is CCCCCCCC/C=C/CCCCCC(=O)O[C@H](COC(=O)CCCCCCCCC)COP(=O)([O-])OCC[N+](C)(C)C. The lowest BCUT2D eigenvalue weighted by Gasteiger charge is -2.28. The quantitative estimate of drug-likeness (QED) is 0.0244. The summed E-state index contributed by atoms with van der Waals surface area (Å²) in [5.74, 6) is -0.860. The highest BCUT2D eigenvalue weighted by Crippen LogP contribution is 2.38. The van der Waals surface area contributed by atoms with Crippen molar-refractivity contribution in [3.63, 3.8) is 0 Å². The Balaban J connectivity index is 4.49. The average Bonchev–Trinajstić information content (AvgIpc) is 2.95. The van der Waals surface area contributed by atoms with E-state index in [1.165, 1.54) is 64.2 Å². The first-order chi connectivity index (χ1) is 21.0. The number of ether oxygens (including phenoxy) is 2. The molecule has 0 saturated carbocycles. The lowest BCUT2D eigenvalue weighted by Crippen LogP contribution is -2.37. The molecule has 0 amide bonds. The summed E-state index contributed by atoms with van der Waals surface area (Å²) in [5, 5.41) is 0. The van der Waals surface area contributed by atoms with Gasteiger partial charge in [-0.2, -0.15) is 0 Å². The van der Waals surface area contributed by atoms with Crippen LogP contribution in [0, 0.1) is 0 Å². The first-order valence-electron chi connectivity index (χ1n) is 17.4. The largest absolute Gasteiger partial charge is 0.756 e. The normalized spacial score (nSPS) is 14.0. The van der Waals surface area contributed by atoms with Crippen molar-refractivity contribution in [2.75, 3.05) is 47.5 Å². The summed E-state index contributed by atoms with van der Waals surface area (Å²) >= 11 is 0. The van der Waals surface area contributed by atoms with Gasteiger partial charge in [-0.05, 0) is 38.5 Å². The lowest BCUT2D eigenvalue weighted by molar-refractivity contribution is -0.870. The third-order valence-electron chi connectivity index (χ3n) is 7.29. The van der Waals surface area contributed by atoms with Crippen molar-refractivity contribution >= 4 is 19.8 Å². The number of unbranched alkanes of at least 4 members (excludes halogenated alkanes) is 15. The zero-order chi connectivity index (χ0) is 32.9. The van der Waals surface area contributed by atoms with E-state index in [1.807, 2.05) is 21.1 Å². The molecule has 0 aromatic rings. The number of phosphoric acid groups is 1. The molecule has 0 spiro atoms. The maximum absolute atomic E-state index is 12.5. The number of phosphoric ester groups is 1.